The van der Waals surface area contributed by atoms with Crippen LogP contribution in [0.4, 0.5) is 4.39 Å². The van der Waals surface area contributed by atoms with Gasteiger partial charge in [-0.2, -0.15) is 0 Å². The Morgan fingerprint density at radius 3 is 2.59 bits per heavy atom. The van der Waals surface area contributed by atoms with Gasteiger partial charge in [0.2, 0.25) is 0 Å². The minimum atomic E-state index is -1.88. The molecule has 5 nitrogen and oxygen atoms in total. The summed E-state index contributed by atoms with van der Waals surface area (Å²) in [6.45, 7) is 2.83. The molecular weight excluding hydrogens is 351 g/mol. The van der Waals surface area contributed by atoms with Crippen molar-refractivity contribution in [2.45, 2.75) is 76.2 Å². The van der Waals surface area contributed by atoms with Crippen molar-refractivity contribution in [2.75, 3.05) is 6.61 Å². The van der Waals surface area contributed by atoms with Crippen molar-refractivity contribution in [3.63, 3.8) is 0 Å². The first kappa shape index (κ1) is 19.2. The predicted octanol–water partition coefficient (Wildman–Crippen LogP) is 1.87. The van der Waals surface area contributed by atoms with Crippen molar-refractivity contribution in [3.8, 4) is 0 Å². The van der Waals surface area contributed by atoms with E-state index in [-0.39, 0.29) is 31.0 Å². The second-order valence-corrected chi connectivity index (χ2v) is 9.61. The summed E-state index contributed by atoms with van der Waals surface area (Å²) in [6, 6.07) is 0. The standard InChI is InChI=1S/C21H29FO5/c1-18-7-5-13(24)9-12(18)3-4-15-14-6-8-20(27,17(26)11-23)19(14,2)10-16(25)21(15,18)22/h9,14-16,23,25,27H,3-8,10-11H2,1-2H3/t14?,15-,16-,18-,19?,20-,21-/m0/s1. The average Bonchev–Trinajstić information content (AvgIpc) is 2.88. The molecule has 0 radical (unpaired) electrons. The number of fused-ring (bicyclic) bond motifs is 5. The van der Waals surface area contributed by atoms with Crippen LogP contribution in [0.2, 0.25) is 0 Å². The Morgan fingerprint density at radius 2 is 1.93 bits per heavy atom. The van der Waals surface area contributed by atoms with E-state index in [4.69, 9.17) is 0 Å². The number of ketones is 2. The third kappa shape index (κ3) is 2.10. The molecule has 0 heterocycles. The van der Waals surface area contributed by atoms with Gasteiger partial charge in [-0.1, -0.05) is 19.4 Å². The van der Waals surface area contributed by atoms with E-state index in [2.05, 4.69) is 0 Å². The number of halogens is 1. The quantitative estimate of drug-likeness (QED) is 0.680. The summed E-state index contributed by atoms with van der Waals surface area (Å²) >= 11 is 0. The van der Waals surface area contributed by atoms with Gasteiger partial charge in [-0.25, -0.2) is 4.39 Å². The van der Waals surface area contributed by atoms with E-state index in [1.54, 1.807) is 13.0 Å². The van der Waals surface area contributed by atoms with Crippen LogP contribution in [0.1, 0.15) is 58.8 Å². The van der Waals surface area contributed by atoms with E-state index in [0.717, 1.165) is 5.57 Å². The summed E-state index contributed by atoms with van der Waals surface area (Å²) in [7, 11) is 0. The highest BCUT2D eigenvalue weighted by atomic mass is 19.1. The molecule has 0 aromatic carbocycles. The number of hydrogen-bond donors (Lipinski definition) is 3. The van der Waals surface area contributed by atoms with Crippen LogP contribution in [-0.4, -0.2) is 50.9 Å². The van der Waals surface area contributed by atoms with Crippen molar-refractivity contribution in [1.29, 1.82) is 0 Å². The summed E-state index contributed by atoms with van der Waals surface area (Å²) in [5, 5.41) is 31.5. The third-order valence-corrected chi connectivity index (χ3v) is 8.80. The largest absolute Gasteiger partial charge is 0.390 e. The molecule has 0 aliphatic heterocycles. The van der Waals surface area contributed by atoms with E-state index in [9.17, 15) is 24.9 Å². The number of aliphatic hydroxyl groups excluding tert-OH is 2. The van der Waals surface area contributed by atoms with E-state index >= 15 is 4.39 Å². The van der Waals surface area contributed by atoms with Gasteiger partial charge < -0.3 is 15.3 Å². The molecule has 0 saturated heterocycles. The van der Waals surface area contributed by atoms with Gasteiger partial charge >= 0.3 is 0 Å². The van der Waals surface area contributed by atoms with Crippen molar-refractivity contribution in [2.24, 2.45) is 22.7 Å². The summed E-state index contributed by atoms with van der Waals surface area (Å²) in [5.74, 6) is -1.36. The van der Waals surface area contributed by atoms with Crippen LogP contribution in [0, 0.1) is 22.7 Å². The SMILES string of the molecule is CC12C[C@H](O)[C@@]3(F)[C@@H](CCC4=CC(=O)CC[C@@]43C)C1CC[C@]2(O)C(=O)CO. The molecular formula is C21H29FO5. The van der Waals surface area contributed by atoms with Crippen molar-refractivity contribution < 1.29 is 29.3 Å². The van der Waals surface area contributed by atoms with Crippen LogP contribution in [0.15, 0.2) is 11.6 Å². The second kappa shape index (κ2) is 5.71. The Balaban J connectivity index is 1.80. The highest BCUT2D eigenvalue weighted by Gasteiger charge is 2.74. The predicted molar refractivity (Wildman–Crippen MR) is 95.5 cm³/mol. The molecule has 27 heavy (non-hydrogen) atoms. The maximum Gasteiger partial charge on any atom is 0.190 e. The van der Waals surface area contributed by atoms with E-state index in [1.807, 2.05) is 6.92 Å². The van der Waals surface area contributed by atoms with Crippen LogP contribution in [-0.2, 0) is 9.59 Å². The van der Waals surface area contributed by atoms with Crippen molar-refractivity contribution in [1.82, 2.24) is 0 Å². The summed E-state index contributed by atoms with van der Waals surface area (Å²) in [4.78, 5) is 24.2. The molecule has 7 atom stereocenters. The lowest BCUT2D eigenvalue weighted by Crippen LogP contribution is -2.69. The van der Waals surface area contributed by atoms with Gasteiger partial charge in [-0.15, -0.1) is 0 Å². The first-order valence-corrected chi connectivity index (χ1v) is 10.0. The molecule has 3 N–H and O–H groups in total. The normalized spacial score (nSPS) is 51.9. The number of rotatable bonds is 2. The van der Waals surface area contributed by atoms with Crippen LogP contribution in [0.3, 0.4) is 0 Å². The average molecular weight is 380 g/mol. The Hall–Kier alpha value is -1.11. The maximum atomic E-state index is 16.8. The molecule has 0 aromatic rings. The first-order chi connectivity index (χ1) is 12.5. The molecule has 2 unspecified atom stereocenters. The molecule has 0 bridgehead atoms. The summed E-state index contributed by atoms with van der Waals surface area (Å²) in [5.41, 5.74) is -4.68. The molecule has 150 valence electrons. The summed E-state index contributed by atoms with van der Waals surface area (Å²) < 4.78 is 16.8. The Labute approximate surface area is 158 Å². The number of aliphatic hydroxyl groups is 3. The number of carbonyl (C=O) groups excluding carboxylic acids is 2. The molecule has 0 amide bonds. The molecule has 4 aliphatic rings. The second-order valence-electron chi connectivity index (χ2n) is 9.61. The number of Topliss-reactive ketones (excluding diaryl/α,β-unsaturated/α-hetero) is 1. The monoisotopic (exact) mass is 380 g/mol. The molecule has 4 rings (SSSR count). The van der Waals surface area contributed by atoms with E-state index in [0.29, 0.717) is 25.7 Å². The number of carbonyl (C=O) groups is 2. The van der Waals surface area contributed by atoms with Gasteiger partial charge in [0.05, 0.1) is 6.10 Å². The zero-order valence-corrected chi connectivity index (χ0v) is 16.0. The molecule has 0 spiro atoms. The van der Waals surface area contributed by atoms with Crippen molar-refractivity contribution >= 4 is 11.6 Å². The molecule has 0 aromatic heterocycles. The highest BCUT2D eigenvalue weighted by Crippen LogP contribution is 2.70. The third-order valence-electron chi connectivity index (χ3n) is 8.80. The van der Waals surface area contributed by atoms with Gasteiger partial charge in [0, 0.05) is 23.2 Å². The lowest BCUT2D eigenvalue weighted by Gasteiger charge is -2.63. The zero-order valence-electron chi connectivity index (χ0n) is 16.0. The van der Waals surface area contributed by atoms with Crippen LogP contribution < -0.4 is 0 Å². The minimum Gasteiger partial charge on any atom is -0.390 e. The van der Waals surface area contributed by atoms with Crippen molar-refractivity contribution in [3.05, 3.63) is 11.6 Å². The Kier molecular flexibility index (Phi) is 4.06. The van der Waals surface area contributed by atoms with Gasteiger partial charge in [-0.05, 0) is 50.5 Å². The molecule has 4 aliphatic carbocycles. The van der Waals surface area contributed by atoms with Gasteiger partial charge in [0.25, 0.3) is 0 Å². The molecule has 3 saturated carbocycles. The fourth-order valence-corrected chi connectivity index (χ4v) is 7.16. The minimum absolute atomic E-state index is 0.0171. The highest BCUT2D eigenvalue weighted by molar-refractivity contribution is 5.92. The maximum absolute atomic E-state index is 16.8. The van der Waals surface area contributed by atoms with Crippen LogP contribution in [0.5, 0.6) is 0 Å². The number of allylic oxidation sites excluding steroid dienone is 1. The fourth-order valence-electron chi connectivity index (χ4n) is 7.16. The van der Waals surface area contributed by atoms with Gasteiger partial charge in [0.1, 0.15) is 17.9 Å². The lowest BCUT2D eigenvalue weighted by molar-refractivity contribution is -0.226. The van der Waals surface area contributed by atoms with Gasteiger partial charge in [-0.3, -0.25) is 9.59 Å². The number of hydrogen-bond acceptors (Lipinski definition) is 5. The Bertz CT molecular complexity index is 734. The summed E-state index contributed by atoms with van der Waals surface area (Å²) in [6.07, 6.45) is 2.65. The number of alkyl halides is 1. The fraction of sp³-hybridized carbons (Fsp3) is 0.810. The van der Waals surface area contributed by atoms with E-state index < -0.39 is 46.5 Å². The van der Waals surface area contributed by atoms with Crippen LogP contribution in [0.25, 0.3) is 0 Å². The first-order valence-electron chi connectivity index (χ1n) is 10.0. The lowest BCUT2D eigenvalue weighted by atomic mass is 9.44. The van der Waals surface area contributed by atoms with E-state index in [1.165, 1.54) is 0 Å². The topological polar surface area (TPSA) is 94.8 Å². The molecule has 6 heteroatoms. The van der Waals surface area contributed by atoms with Gasteiger partial charge in [0.15, 0.2) is 11.6 Å². The smallest absolute Gasteiger partial charge is 0.190 e. The van der Waals surface area contributed by atoms with Crippen LogP contribution >= 0.6 is 0 Å². The molecule has 3 fully saturated rings. The Morgan fingerprint density at radius 1 is 1.22 bits per heavy atom. The zero-order chi connectivity index (χ0) is 19.8.